The number of ether oxygens (including phenoxy) is 2. The van der Waals surface area contributed by atoms with Crippen LogP contribution in [-0.2, 0) is 14.3 Å². The Kier molecular flexibility index (Phi) is 2.74. The van der Waals surface area contributed by atoms with Crippen LogP contribution in [0.2, 0.25) is 0 Å². The second-order valence-electron chi connectivity index (χ2n) is 8.34. The first kappa shape index (κ1) is 14.9. The summed E-state index contributed by atoms with van der Waals surface area (Å²) in [6.45, 7) is 14.1. The van der Waals surface area contributed by atoms with Gasteiger partial charge in [-0.05, 0) is 36.8 Å². The molecule has 1 spiro atoms. The van der Waals surface area contributed by atoms with Gasteiger partial charge in [0.2, 0.25) is 0 Å². The highest BCUT2D eigenvalue weighted by Gasteiger charge is 2.83. The van der Waals surface area contributed by atoms with Gasteiger partial charge in [-0.3, -0.25) is 4.79 Å². The van der Waals surface area contributed by atoms with Gasteiger partial charge >= 0.3 is 0 Å². The summed E-state index contributed by atoms with van der Waals surface area (Å²) in [6, 6.07) is 0. The maximum atomic E-state index is 12.8. The van der Waals surface area contributed by atoms with E-state index in [1.54, 1.807) is 0 Å². The molecule has 2 saturated heterocycles. The number of Topliss-reactive ketones (excluding diaryl/α,β-unsaturated/α-hetero) is 1. The van der Waals surface area contributed by atoms with Crippen LogP contribution in [0.5, 0.6) is 0 Å². The Labute approximate surface area is 133 Å². The van der Waals surface area contributed by atoms with Crippen LogP contribution in [0.1, 0.15) is 48.0 Å². The van der Waals surface area contributed by atoms with Crippen LogP contribution in [0.15, 0.2) is 11.6 Å². The highest BCUT2D eigenvalue weighted by atomic mass is 16.6. The molecule has 22 heavy (non-hydrogen) atoms. The Balaban J connectivity index is 1.98. The molecule has 0 N–H and O–H groups in total. The maximum absolute atomic E-state index is 12.8. The summed E-state index contributed by atoms with van der Waals surface area (Å²) in [5.41, 5.74) is 0.554. The molecular weight excluding hydrogens is 276 g/mol. The molecule has 3 fully saturated rings. The second kappa shape index (κ2) is 4.05. The van der Waals surface area contributed by atoms with Gasteiger partial charge in [-0.1, -0.05) is 34.6 Å². The number of carbonyl (C=O) groups is 1. The van der Waals surface area contributed by atoms with Crippen molar-refractivity contribution in [1.82, 2.24) is 0 Å². The van der Waals surface area contributed by atoms with Crippen molar-refractivity contribution in [2.75, 3.05) is 6.61 Å². The normalized spacial score (nSPS) is 59.5. The number of carbonyl (C=O) groups excluding carboxylic acids is 1. The molecule has 3 heteroatoms. The molecule has 0 aromatic heterocycles. The molecule has 0 aromatic rings. The summed E-state index contributed by atoms with van der Waals surface area (Å²) in [5, 5.41) is 0. The second-order valence-corrected chi connectivity index (χ2v) is 8.34. The Hall–Kier alpha value is -0.670. The van der Waals surface area contributed by atoms with E-state index in [9.17, 15) is 4.79 Å². The van der Waals surface area contributed by atoms with Crippen LogP contribution in [0.3, 0.4) is 0 Å². The van der Waals surface area contributed by atoms with Crippen molar-refractivity contribution in [3.8, 4) is 0 Å². The molecule has 122 valence electrons. The van der Waals surface area contributed by atoms with Gasteiger partial charge in [0.1, 0.15) is 5.60 Å². The minimum atomic E-state index is -0.161. The third kappa shape index (κ3) is 1.21. The first-order chi connectivity index (χ1) is 10.3. The van der Waals surface area contributed by atoms with Crippen molar-refractivity contribution in [1.29, 1.82) is 0 Å². The van der Waals surface area contributed by atoms with E-state index < -0.39 is 0 Å². The largest absolute Gasteiger partial charge is 0.367 e. The third-order valence-corrected chi connectivity index (χ3v) is 8.28. The van der Waals surface area contributed by atoms with Crippen molar-refractivity contribution in [2.24, 2.45) is 28.6 Å². The van der Waals surface area contributed by atoms with Crippen molar-refractivity contribution in [2.45, 2.75) is 65.8 Å². The highest BCUT2D eigenvalue weighted by molar-refractivity contribution is 5.98. The van der Waals surface area contributed by atoms with Gasteiger partial charge in [0.05, 0.1) is 18.8 Å². The predicted molar refractivity (Wildman–Crippen MR) is 84.4 cm³/mol. The summed E-state index contributed by atoms with van der Waals surface area (Å²) in [4.78, 5) is 12.8. The fourth-order valence-electron chi connectivity index (χ4n) is 6.71. The molecule has 4 aliphatic rings. The number of fused-ring (bicyclic) bond motifs is 2. The molecule has 3 nitrogen and oxygen atoms in total. The van der Waals surface area contributed by atoms with Gasteiger partial charge in [0.15, 0.2) is 5.78 Å². The maximum Gasteiger partial charge on any atom is 0.161 e. The number of rotatable bonds is 1. The molecule has 0 radical (unpaired) electrons. The van der Waals surface area contributed by atoms with Crippen molar-refractivity contribution < 1.29 is 14.3 Å². The average Bonchev–Trinajstić information content (AvgIpc) is 3.27. The lowest BCUT2D eigenvalue weighted by Gasteiger charge is -2.61. The monoisotopic (exact) mass is 304 g/mol. The Bertz CT molecular complexity index is 575. The molecule has 0 aromatic carbocycles. The van der Waals surface area contributed by atoms with Gasteiger partial charge in [-0.25, -0.2) is 0 Å². The number of ketones is 1. The van der Waals surface area contributed by atoms with E-state index in [0.717, 1.165) is 18.6 Å². The first-order valence-corrected chi connectivity index (χ1v) is 8.80. The van der Waals surface area contributed by atoms with Crippen molar-refractivity contribution in [3.63, 3.8) is 0 Å². The number of allylic oxidation sites excluding steroid dienone is 1. The number of hydrogen-bond acceptors (Lipinski definition) is 3. The van der Waals surface area contributed by atoms with Crippen LogP contribution in [0, 0.1) is 28.6 Å². The molecule has 4 unspecified atom stereocenters. The SMILES string of the molecule is CCC12C(C=C(C)C(=O)C1C)OC1[C@H](C)[C@@H](C)[C@@]2(C)[C@]12CO2. The lowest BCUT2D eigenvalue weighted by Crippen LogP contribution is -2.67. The van der Waals surface area contributed by atoms with E-state index >= 15 is 0 Å². The summed E-state index contributed by atoms with van der Waals surface area (Å²) in [6.07, 6.45) is 3.28. The Morgan fingerprint density at radius 3 is 2.50 bits per heavy atom. The summed E-state index contributed by atoms with van der Waals surface area (Å²) < 4.78 is 12.7. The molecule has 2 bridgehead atoms. The fourth-order valence-corrected chi connectivity index (χ4v) is 6.71. The molecule has 1 saturated carbocycles. The molecule has 8 atom stereocenters. The Morgan fingerprint density at radius 2 is 1.95 bits per heavy atom. The lowest BCUT2D eigenvalue weighted by atomic mass is 9.45. The topological polar surface area (TPSA) is 38.8 Å². The minimum Gasteiger partial charge on any atom is -0.367 e. The fraction of sp³-hybridized carbons (Fsp3) is 0.842. The molecule has 2 aliphatic carbocycles. The average molecular weight is 304 g/mol. The zero-order valence-electron chi connectivity index (χ0n) is 14.6. The van der Waals surface area contributed by atoms with E-state index in [1.165, 1.54) is 0 Å². The third-order valence-electron chi connectivity index (χ3n) is 8.28. The van der Waals surface area contributed by atoms with Gasteiger partial charge in [0, 0.05) is 16.7 Å². The summed E-state index contributed by atoms with van der Waals surface area (Å²) >= 11 is 0. The summed E-state index contributed by atoms with van der Waals surface area (Å²) in [5.74, 6) is 1.25. The Morgan fingerprint density at radius 1 is 1.32 bits per heavy atom. The van der Waals surface area contributed by atoms with Crippen LogP contribution in [-0.4, -0.2) is 30.2 Å². The molecular formula is C19H28O3. The molecule has 2 heterocycles. The molecule has 0 amide bonds. The van der Waals surface area contributed by atoms with Crippen LogP contribution in [0.4, 0.5) is 0 Å². The molecule has 4 rings (SSSR count). The van der Waals surface area contributed by atoms with E-state index in [0.29, 0.717) is 17.6 Å². The van der Waals surface area contributed by atoms with Crippen LogP contribution >= 0.6 is 0 Å². The van der Waals surface area contributed by atoms with Crippen LogP contribution < -0.4 is 0 Å². The smallest absolute Gasteiger partial charge is 0.161 e. The zero-order valence-corrected chi connectivity index (χ0v) is 14.6. The quantitative estimate of drug-likeness (QED) is 0.697. The molecule has 2 aliphatic heterocycles. The van der Waals surface area contributed by atoms with Gasteiger partial charge in [-0.15, -0.1) is 0 Å². The van der Waals surface area contributed by atoms with Gasteiger partial charge in [-0.2, -0.15) is 0 Å². The van der Waals surface area contributed by atoms with Crippen molar-refractivity contribution in [3.05, 3.63) is 11.6 Å². The number of hydrogen-bond donors (Lipinski definition) is 0. The number of epoxide rings is 1. The van der Waals surface area contributed by atoms with E-state index in [4.69, 9.17) is 9.47 Å². The first-order valence-electron chi connectivity index (χ1n) is 8.80. The standard InChI is InChI=1S/C19H28O3/c1-7-18-13(5)15(20)10(2)8-14(18)22-16-11(3)12(4)17(18,6)19(16)9-21-19/h8,11-14,16H,7,9H2,1-6H3/t11-,12-,13?,14?,16?,17-,18?,19+/m1/s1. The predicted octanol–water partition coefficient (Wildman–Crippen LogP) is 3.38. The van der Waals surface area contributed by atoms with Crippen LogP contribution in [0.25, 0.3) is 0 Å². The van der Waals surface area contributed by atoms with Gasteiger partial charge < -0.3 is 9.47 Å². The highest BCUT2D eigenvalue weighted by Crippen LogP contribution is 2.76. The van der Waals surface area contributed by atoms with Crippen molar-refractivity contribution >= 4 is 5.78 Å². The van der Waals surface area contributed by atoms with E-state index in [1.807, 2.05) is 6.92 Å². The summed E-state index contributed by atoms with van der Waals surface area (Å²) in [7, 11) is 0. The van der Waals surface area contributed by atoms with Gasteiger partial charge in [0.25, 0.3) is 0 Å². The van der Waals surface area contributed by atoms with E-state index in [2.05, 4.69) is 40.7 Å². The lowest BCUT2D eigenvalue weighted by molar-refractivity contribution is -0.222. The zero-order chi connectivity index (χ0) is 16.1. The minimum absolute atomic E-state index is 0.00593. The van der Waals surface area contributed by atoms with E-state index in [-0.39, 0.29) is 34.6 Å².